The smallest absolute Gasteiger partial charge is 0.277 e. The van der Waals surface area contributed by atoms with Gasteiger partial charge < -0.3 is 14.8 Å². The standard InChI is InChI=1S/C17H20N2O4/c1-22-16-10-14(15(19(20)21)11-17(16)23-2)12-18-9-8-13-6-4-3-5-7-13/h3-7,10-11,18H,8-9,12H2,1-2H3. The Balaban J connectivity index is 2.04. The molecule has 0 aliphatic rings. The van der Waals surface area contributed by atoms with Gasteiger partial charge in [-0.15, -0.1) is 0 Å². The maximum absolute atomic E-state index is 11.2. The molecular formula is C17H20N2O4. The number of nitro benzene ring substituents is 1. The summed E-state index contributed by atoms with van der Waals surface area (Å²) in [5, 5.41) is 14.5. The number of hydrogen-bond acceptors (Lipinski definition) is 5. The summed E-state index contributed by atoms with van der Waals surface area (Å²) in [4.78, 5) is 10.8. The van der Waals surface area contributed by atoms with E-state index >= 15 is 0 Å². The fourth-order valence-corrected chi connectivity index (χ4v) is 2.32. The average Bonchev–Trinajstić information content (AvgIpc) is 2.58. The largest absolute Gasteiger partial charge is 0.493 e. The fraction of sp³-hybridized carbons (Fsp3) is 0.294. The molecule has 0 bridgehead atoms. The topological polar surface area (TPSA) is 73.6 Å². The van der Waals surface area contributed by atoms with Gasteiger partial charge in [-0.1, -0.05) is 30.3 Å². The summed E-state index contributed by atoms with van der Waals surface area (Å²) < 4.78 is 10.3. The molecular weight excluding hydrogens is 296 g/mol. The highest BCUT2D eigenvalue weighted by atomic mass is 16.6. The van der Waals surface area contributed by atoms with Crippen LogP contribution in [0.2, 0.25) is 0 Å². The lowest BCUT2D eigenvalue weighted by atomic mass is 10.1. The van der Waals surface area contributed by atoms with Crippen LogP contribution in [0.5, 0.6) is 11.5 Å². The third-order valence-corrected chi connectivity index (χ3v) is 3.53. The molecule has 1 N–H and O–H groups in total. The molecule has 0 fully saturated rings. The Morgan fingerprint density at radius 2 is 1.74 bits per heavy atom. The van der Waals surface area contributed by atoms with E-state index in [-0.39, 0.29) is 5.69 Å². The average molecular weight is 316 g/mol. The first kappa shape index (κ1) is 16.8. The molecule has 0 radical (unpaired) electrons. The maximum Gasteiger partial charge on any atom is 0.277 e. The van der Waals surface area contributed by atoms with Crippen LogP contribution >= 0.6 is 0 Å². The number of ether oxygens (including phenoxy) is 2. The molecule has 2 aromatic rings. The van der Waals surface area contributed by atoms with Crippen LogP contribution in [0.25, 0.3) is 0 Å². The van der Waals surface area contributed by atoms with Gasteiger partial charge in [0.2, 0.25) is 0 Å². The Bertz CT molecular complexity index is 659. The Morgan fingerprint density at radius 3 is 2.35 bits per heavy atom. The Hall–Kier alpha value is -2.60. The number of hydrogen-bond donors (Lipinski definition) is 1. The second kappa shape index (κ2) is 8.14. The zero-order valence-corrected chi connectivity index (χ0v) is 13.2. The number of benzene rings is 2. The number of nitro groups is 1. The summed E-state index contributed by atoms with van der Waals surface area (Å²) in [5.74, 6) is 0.838. The Kier molecular flexibility index (Phi) is 5.94. The second-order valence-electron chi connectivity index (χ2n) is 5.01. The molecule has 0 spiro atoms. The normalized spacial score (nSPS) is 10.3. The molecule has 23 heavy (non-hydrogen) atoms. The monoisotopic (exact) mass is 316 g/mol. The molecule has 0 unspecified atom stereocenters. The van der Waals surface area contributed by atoms with E-state index in [9.17, 15) is 10.1 Å². The van der Waals surface area contributed by atoms with Crippen LogP contribution in [0.3, 0.4) is 0 Å². The minimum Gasteiger partial charge on any atom is -0.493 e. The van der Waals surface area contributed by atoms with Crippen LogP contribution in [0, 0.1) is 10.1 Å². The van der Waals surface area contributed by atoms with Gasteiger partial charge in [0.05, 0.1) is 25.2 Å². The quantitative estimate of drug-likeness (QED) is 0.460. The zero-order chi connectivity index (χ0) is 16.7. The van der Waals surface area contributed by atoms with Crippen LogP contribution < -0.4 is 14.8 Å². The highest BCUT2D eigenvalue weighted by molar-refractivity contribution is 5.54. The summed E-state index contributed by atoms with van der Waals surface area (Å²) in [6.45, 7) is 1.12. The molecule has 0 amide bonds. The van der Waals surface area contributed by atoms with Crippen molar-refractivity contribution in [2.75, 3.05) is 20.8 Å². The summed E-state index contributed by atoms with van der Waals surface area (Å²) in [7, 11) is 2.97. The predicted octanol–water partition coefficient (Wildman–Crippen LogP) is 2.94. The summed E-state index contributed by atoms with van der Waals surface area (Å²) in [5.41, 5.74) is 1.82. The molecule has 0 saturated heterocycles. The van der Waals surface area contributed by atoms with E-state index in [0.29, 0.717) is 23.6 Å². The van der Waals surface area contributed by atoms with Gasteiger partial charge in [-0.2, -0.15) is 0 Å². The molecule has 6 nitrogen and oxygen atoms in total. The van der Waals surface area contributed by atoms with E-state index in [4.69, 9.17) is 9.47 Å². The molecule has 6 heteroatoms. The van der Waals surface area contributed by atoms with Crippen molar-refractivity contribution in [3.63, 3.8) is 0 Å². The highest BCUT2D eigenvalue weighted by Crippen LogP contribution is 2.34. The van der Waals surface area contributed by atoms with E-state index in [2.05, 4.69) is 17.4 Å². The minimum absolute atomic E-state index is 0.0230. The number of rotatable bonds is 8. The molecule has 0 saturated carbocycles. The van der Waals surface area contributed by atoms with E-state index in [1.165, 1.54) is 25.8 Å². The summed E-state index contributed by atoms with van der Waals surface area (Å²) in [6, 6.07) is 13.1. The highest BCUT2D eigenvalue weighted by Gasteiger charge is 2.18. The first-order valence-corrected chi connectivity index (χ1v) is 7.29. The van der Waals surface area contributed by atoms with Gasteiger partial charge in [-0.05, 0) is 24.6 Å². The van der Waals surface area contributed by atoms with Crippen LogP contribution in [0.15, 0.2) is 42.5 Å². The summed E-state index contributed by atoms with van der Waals surface area (Å²) >= 11 is 0. The lowest BCUT2D eigenvalue weighted by Gasteiger charge is -2.11. The van der Waals surface area contributed by atoms with E-state index in [0.717, 1.165) is 13.0 Å². The Morgan fingerprint density at radius 1 is 1.09 bits per heavy atom. The molecule has 2 rings (SSSR count). The van der Waals surface area contributed by atoms with Crippen LogP contribution in [-0.2, 0) is 13.0 Å². The minimum atomic E-state index is -0.407. The number of methoxy groups -OCH3 is 2. The number of nitrogens with one attached hydrogen (secondary N) is 1. The van der Waals surface area contributed by atoms with Crippen molar-refractivity contribution in [1.29, 1.82) is 0 Å². The van der Waals surface area contributed by atoms with Gasteiger partial charge in [0, 0.05) is 12.1 Å². The summed E-state index contributed by atoms with van der Waals surface area (Å²) in [6.07, 6.45) is 0.863. The lowest BCUT2D eigenvalue weighted by molar-refractivity contribution is -0.385. The third kappa shape index (κ3) is 4.43. The van der Waals surface area contributed by atoms with Crippen molar-refractivity contribution in [3.05, 3.63) is 63.7 Å². The first-order chi connectivity index (χ1) is 11.2. The van der Waals surface area contributed by atoms with Gasteiger partial charge in [0.1, 0.15) is 0 Å². The molecule has 122 valence electrons. The zero-order valence-electron chi connectivity index (χ0n) is 13.2. The van der Waals surface area contributed by atoms with Crippen molar-refractivity contribution in [1.82, 2.24) is 5.32 Å². The third-order valence-electron chi connectivity index (χ3n) is 3.53. The van der Waals surface area contributed by atoms with Crippen LogP contribution in [0.4, 0.5) is 5.69 Å². The SMILES string of the molecule is COc1cc(CNCCc2ccccc2)c([N+](=O)[O-])cc1OC. The van der Waals surface area contributed by atoms with Crippen molar-refractivity contribution >= 4 is 5.69 Å². The predicted molar refractivity (Wildman–Crippen MR) is 88.1 cm³/mol. The Labute approximate surface area is 135 Å². The first-order valence-electron chi connectivity index (χ1n) is 7.29. The van der Waals surface area contributed by atoms with Crippen molar-refractivity contribution in [2.45, 2.75) is 13.0 Å². The van der Waals surface area contributed by atoms with Crippen molar-refractivity contribution < 1.29 is 14.4 Å². The maximum atomic E-state index is 11.2. The van der Waals surface area contributed by atoms with Gasteiger partial charge in [-0.3, -0.25) is 10.1 Å². The van der Waals surface area contributed by atoms with Crippen molar-refractivity contribution in [2.24, 2.45) is 0 Å². The molecule has 0 aliphatic carbocycles. The molecule has 0 atom stereocenters. The van der Waals surface area contributed by atoms with Gasteiger partial charge in [0.15, 0.2) is 11.5 Å². The molecule has 0 heterocycles. The molecule has 0 aliphatic heterocycles. The van der Waals surface area contributed by atoms with E-state index in [1.54, 1.807) is 6.07 Å². The van der Waals surface area contributed by atoms with Crippen LogP contribution in [0.1, 0.15) is 11.1 Å². The van der Waals surface area contributed by atoms with Gasteiger partial charge in [-0.25, -0.2) is 0 Å². The van der Waals surface area contributed by atoms with E-state index in [1.807, 2.05) is 18.2 Å². The lowest BCUT2D eigenvalue weighted by Crippen LogP contribution is -2.17. The second-order valence-corrected chi connectivity index (χ2v) is 5.01. The van der Waals surface area contributed by atoms with Crippen LogP contribution in [-0.4, -0.2) is 25.7 Å². The number of nitrogens with zero attached hydrogens (tertiary/aromatic N) is 1. The van der Waals surface area contributed by atoms with Gasteiger partial charge >= 0.3 is 0 Å². The van der Waals surface area contributed by atoms with Crippen molar-refractivity contribution in [3.8, 4) is 11.5 Å². The van der Waals surface area contributed by atoms with Gasteiger partial charge in [0.25, 0.3) is 5.69 Å². The fourth-order valence-electron chi connectivity index (χ4n) is 2.32. The van der Waals surface area contributed by atoms with E-state index < -0.39 is 4.92 Å². The molecule has 2 aromatic carbocycles. The molecule has 0 aromatic heterocycles.